The number of carbonyl (C=O) groups is 1. The van der Waals surface area contributed by atoms with Crippen molar-refractivity contribution in [3.63, 3.8) is 0 Å². The second-order valence-corrected chi connectivity index (χ2v) is 6.23. The summed E-state index contributed by atoms with van der Waals surface area (Å²) >= 11 is 1.54. The summed E-state index contributed by atoms with van der Waals surface area (Å²) in [4.78, 5) is 21.3. The molecule has 0 saturated heterocycles. The zero-order valence-electron chi connectivity index (χ0n) is 12.8. The quantitative estimate of drug-likeness (QED) is 0.621. The van der Waals surface area contributed by atoms with Crippen molar-refractivity contribution in [2.45, 2.75) is 6.92 Å². The number of urea groups is 1. The van der Waals surface area contributed by atoms with E-state index in [2.05, 4.69) is 31.0 Å². The Morgan fingerprint density at radius 3 is 2.96 bits per heavy atom. The number of thiophene rings is 1. The summed E-state index contributed by atoms with van der Waals surface area (Å²) < 4.78 is 1.69. The summed E-state index contributed by atoms with van der Waals surface area (Å²) in [5.41, 5.74) is 0.765. The average molecular weight is 331 g/mol. The summed E-state index contributed by atoms with van der Waals surface area (Å²) in [5, 5.41) is 14.6. The van der Waals surface area contributed by atoms with Gasteiger partial charge in [0.25, 0.3) is 0 Å². The minimum absolute atomic E-state index is 0.220. The normalized spacial score (nSPS) is 10.7. The highest BCUT2D eigenvalue weighted by atomic mass is 32.1. The lowest BCUT2D eigenvalue weighted by molar-refractivity contribution is 0.252. The fourth-order valence-electron chi connectivity index (χ4n) is 2.12. The molecule has 3 aromatic rings. The number of amides is 2. The van der Waals surface area contributed by atoms with Crippen LogP contribution < -0.4 is 16.0 Å². The van der Waals surface area contributed by atoms with E-state index >= 15 is 0 Å². The van der Waals surface area contributed by atoms with E-state index in [-0.39, 0.29) is 6.03 Å². The molecule has 0 aliphatic heterocycles. The lowest BCUT2D eigenvalue weighted by Crippen LogP contribution is -2.32. The van der Waals surface area contributed by atoms with Gasteiger partial charge in [-0.1, -0.05) is 0 Å². The lowest BCUT2D eigenvalue weighted by atomic mass is 10.4. The minimum atomic E-state index is -0.220. The van der Waals surface area contributed by atoms with Gasteiger partial charge < -0.3 is 10.6 Å². The summed E-state index contributed by atoms with van der Waals surface area (Å²) in [5.74, 6) is 0.708. The predicted octanol–water partition coefficient (Wildman–Crippen LogP) is 1.97. The SMILES string of the molecule is Cc1ccc(NC(=O)NCCNc2ncnc3c2cnn3C)s1. The highest BCUT2D eigenvalue weighted by molar-refractivity contribution is 7.16. The monoisotopic (exact) mass is 331 g/mol. The number of aromatic nitrogens is 4. The van der Waals surface area contributed by atoms with E-state index in [1.807, 2.05) is 26.1 Å². The summed E-state index contributed by atoms with van der Waals surface area (Å²) in [7, 11) is 1.83. The van der Waals surface area contributed by atoms with Gasteiger partial charge in [-0.05, 0) is 19.1 Å². The Balaban J connectivity index is 1.48. The van der Waals surface area contributed by atoms with Crippen molar-refractivity contribution in [2.75, 3.05) is 23.7 Å². The van der Waals surface area contributed by atoms with Crippen LogP contribution in [0.5, 0.6) is 0 Å². The average Bonchev–Trinajstić information content (AvgIpc) is 3.11. The second-order valence-electron chi connectivity index (χ2n) is 4.95. The van der Waals surface area contributed by atoms with Crippen molar-refractivity contribution >= 4 is 39.2 Å². The van der Waals surface area contributed by atoms with Crippen LogP contribution in [0, 0.1) is 6.92 Å². The molecule has 0 spiro atoms. The van der Waals surface area contributed by atoms with Crippen LogP contribution in [0.1, 0.15) is 4.88 Å². The van der Waals surface area contributed by atoms with Crippen LogP contribution in [-0.4, -0.2) is 38.9 Å². The number of carbonyl (C=O) groups excluding carboxylic acids is 1. The van der Waals surface area contributed by atoms with Crippen molar-refractivity contribution in [3.05, 3.63) is 29.5 Å². The standard InChI is InChI=1S/C14H17N7OS/c1-9-3-4-11(23-9)20-14(22)16-6-5-15-12-10-7-19-21(2)13(10)18-8-17-12/h3-4,7-8H,5-6H2,1-2H3,(H,15,17,18)(H2,16,20,22). The van der Waals surface area contributed by atoms with E-state index in [1.54, 1.807) is 22.2 Å². The Morgan fingerprint density at radius 1 is 1.30 bits per heavy atom. The number of aryl methyl sites for hydroxylation is 2. The van der Waals surface area contributed by atoms with Crippen LogP contribution in [0.4, 0.5) is 15.6 Å². The first-order valence-corrected chi connectivity index (χ1v) is 7.93. The Hall–Kier alpha value is -2.68. The highest BCUT2D eigenvalue weighted by Gasteiger charge is 2.07. The van der Waals surface area contributed by atoms with Crippen molar-refractivity contribution < 1.29 is 4.79 Å². The van der Waals surface area contributed by atoms with E-state index < -0.39 is 0 Å². The molecule has 2 amide bonds. The van der Waals surface area contributed by atoms with Crippen LogP contribution in [0.3, 0.4) is 0 Å². The van der Waals surface area contributed by atoms with Gasteiger partial charge in [0, 0.05) is 25.0 Å². The molecule has 0 radical (unpaired) electrons. The van der Waals surface area contributed by atoms with Gasteiger partial charge in [0.1, 0.15) is 12.1 Å². The molecule has 23 heavy (non-hydrogen) atoms. The molecule has 0 aromatic carbocycles. The fraction of sp³-hybridized carbons (Fsp3) is 0.286. The number of nitrogens with one attached hydrogen (secondary N) is 3. The second kappa shape index (κ2) is 6.61. The number of anilines is 2. The largest absolute Gasteiger partial charge is 0.368 e. The number of hydrogen-bond acceptors (Lipinski definition) is 6. The maximum absolute atomic E-state index is 11.8. The lowest BCUT2D eigenvalue weighted by Gasteiger charge is -2.08. The number of nitrogens with zero attached hydrogens (tertiary/aromatic N) is 4. The van der Waals surface area contributed by atoms with E-state index in [0.717, 1.165) is 20.9 Å². The van der Waals surface area contributed by atoms with Gasteiger partial charge in [0.05, 0.1) is 16.6 Å². The Labute approximate surface area is 136 Å². The third-order valence-electron chi connectivity index (χ3n) is 3.21. The molecule has 0 aliphatic carbocycles. The van der Waals surface area contributed by atoms with Crippen molar-refractivity contribution in [2.24, 2.45) is 7.05 Å². The van der Waals surface area contributed by atoms with E-state index in [4.69, 9.17) is 0 Å². The maximum Gasteiger partial charge on any atom is 0.319 e. The summed E-state index contributed by atoms with van der Waals surface area (Å²) in [6, 6.07) is 3.64. The van der Waals surface area contributed by atoms with Gasteiger partial charge in [0.15, 0.2) is 5.65 Å². The summed E-state index contributed by atoms with van der Waals surface area (Å²) in [6.45, 7) is 3.03. The maximum atomic E-state index is 11.8. The van der Waals surface area contributed by atoms with E-state index in [9.17, 15) is 4.79 Å². The first kappa shape index (κ1) is 15.2. The molecule has 3 heterocycles. The fourth-order valence-corrected chi connectivity index (χ4v) is 2.88. The van der Waals surface area contributed by atoms with Crippen LogP contribution in [0.25, 0.3) is 11.0 Å². The Bertz CT molecular complexity index is 826. The van der Waals surface area contributed by atoms with Crippen LogP contribution in [0.2, 0.25) is 0 Å². The molecule has 0 saturated carbocycles. The molecular weight excluding hydrogens is 314 g/mol. The number of rotatable bonds is 5. The molecule has 0 aliphatic rings. The highest BCUT2D eigenvalue weighted by Crippen LogP contribution is 2.20. The van der Waals surface area contributed by atoms with Crippen molar-refractivity contribution in [1.29, 1.82) is 0 Å². The van der Waals surface area contributed by atoms with Crippen molar-refractivity contribution in [1.82, 2.24) is 25.1 Å². The zero-order chi connectivity index (χ0) is 16.2. The van der Waals surface area contributed by atoms with E-state index in [0.29, 0.717) is 18.9 Å². The Kier molecular flexibility index (Phi) is 4.38. The molecule has 0 atom stereocenters. The smallest absolute Gasteiger partial charge is 0.319 e. The zero-order valence-corrected chi connectivity index (χ0v) is 13.6. The third kappa shape index (κ3) is 3.57. The van der Waals surface area contributed by atoms with Crippen LogP contribution in [-0.2, 0) is 7.05 Å². The van der Waals surface area contributed by atoms with Gasteiger partial charge in [-0.3, -0.25) is 10.00 Å². The van der Waals surface area contributed by atoms with Gasteiger partial charge in [-0.15, -0.1) is 11.3 Å². The van der Waals surface area contributed by atoms with Crippen molar-refractivity contribution in [3.8, 4) is 0 Å². The molecule has 0 bridgehead atoms. The summed E-state index contributed by atoms with van der Waals surface area (Å²) in [6.07, 6.45) is 3.21. The molecule has 3 N–H and O–H groups in total. The van der Waals surface area contributed by atoms with Crippen LogP contribution in [0.15, 0.2) is 24.7 Å². The van der Waals surface area contributed by atoms with E-state index in [1.165, 1.54) is 6.33 Å². The molecule has 0 unspecified atom stereocenters. The minimum Gasteiger partial charge on any atom is -0.368 e. The molecule has 8 nitrogen and oxygen atoms in total. The molecule has 3 aromatic heterocycles. The third-order valence-corrected chi connectivity index (χ3v) is 4.13. The van der Waals surface area contributed by atoms with Gasteiger partial charge in [0.2, 0.25) is 0 Å². The molecule has 9 heteroatoms. The number of fused-ring (bicyclic) bond motifs is 1. The molecule has 0 fully saturated rings. The van der Waals surface area contributed by atoms with Gasteiger partial charge in [-0.25, -0.2) is 14.8 Å². The number of hydrogen-bond donors (Lipinski definition) is 3. The molecular formula is C14H17N7OS. The Morgan fingerprint density at radius 2 is 2.17 bits per heavy atom. The first-order chi connectivity index (χ1) is 11.1. The molecule has 120 valence electrons. The van der Waals surface area contributed by atoms with Gasteiger partial charge >= 0.3 is 6.03 Å². The first-order valence-electron chi connectivity index (χ1n) is 7.11. The van der Waals surface area contributed by atoms with Gasteiger partial charge in [-0.2, -0.15) is 5.10 Å². The molecule has 3 rings (SSSR count). The predicted molar refractivity (Wildman–Crippen MR) is 90.9 cm³/mol. The topological polar surface area (TPSA) is 96.8 Å². The van der Waals surface area contributed by atoms with Crippen LogP contribution >= 0.6 is 11.3 Å².